The van der Waals surface area contributed by atoms with Gasteiger partial charge in [-0.2, -0.15) is 0 Å². The molecule has 0 amide bonds. The zero-order valence-electron chi connectivity index (χ0n) is 21.9. The summed E-state index contributed by atoms with van der Waals surface area (Å²) in [5, 5.41) is 4.89. The summed E-state index contributed by atoms with van der Waals surface area (Å²) in [6, 6.07) is 32.0. The highest BCUT2D eigenvalue weighted by atomic mass is 32.1. The second-order valence-corrected chi connectivity index (χ2v) is 10.5. The van der Waals surface area contributed by atoms with Crippen LogP contribution in [0.3, 0.4) is 0 Å². The molecule has 1 aliphatic carbocycles. The van der Waals surface area contributed by atoms with E-state index in [1.165, 1.54) is 28.5 Å². The van der Waals surface area contributed by atoms with Crippen molar-refractivity contribution in [2.24, 2.45) is 4.99 Å². The fourth-order valence-electron chi connectivity index (χ4n) is 5.43. The zero-order valence-corrected chi connectivity index (χ0v) is 22.7. The van der Waals surface area contributed by atoms with E-state index in [0.717, 1.165) is 40.5 Å². The minimum absolute atomic E-state index is 0.0360. The Morgan fingerprint density at radius 3 is 2.08 bits per heavy atom. The summed E-state index contributed by atoms with van der Waals surface area (Å²) in [7, 11) is 0. The lowest BCUT2D eigenvalue weighted by molar-refractivity contribution is 0.290. The maximum atomic E-state index is 5.73. The number of nitrogens with zero attached hydrogens (tertiary/aromatic N) is 2. The molecular formula is C33H32N2O2S. The summed E-state index contributed by atoms with van der Waals surface area (Å²) in [6.45, 7) is 5.31. The lowest BCUT2D eigenvalue weighted by Crippen LogP contribution is -2.38. The molecule has 1 heterocycles. The molecule has 0 atom stereocenters. The fourth-order valence-corrected chi connectivity index (χ4v) is 6.45. The van der Waals surface area contributed by atoms with Crippen LogP contribution >= 0.6 is 11.3 Å². The third kappa shape index (κ3) is 4.52. The number of hydrogen-bond donors (Lipinski definition) is 0. The molecule has 0 spiro atoms. The smallest absolute Gasteiger partial charge is 0.194 e. The van der Waals surface area contributed by atoms with Gasteiger partial charge < -0.3 is 9.47 Å². The number of ether oxygens (including phenoxy) is 2. The summed E-state index contributed by atoms with van der Waals surface area (Å²) in [5.41, 5.74) is 4.66. The van der Waals surface area contributed by atoms with Crippen molar-refractivity contribution in [1.82, 2.24) is 4.57 Å². The predicted octanol–water partition coefficient (Wildman–Crippen LogP) is 8.19. The molecule has 1 fully saturated rings. The van der Waals surface area contributed by atoms with Crippen molar-refractivity contribution in [3.8, 4) is 17.2 Å². The molecule has 5 heteroatoms. The van der Waals surface area contributed by atoms with Crippen LogP contribution in [0.4, 0.5) is 5.69 Å². The van der Waals surface area contributed by atoms with Gasteiger partial charge in [0.1, 0.15) is 11.5 Å². The monoisotopic (exact) mass is 520 g/mol. The molecule has 1 aromatic heterocycles. The molecule has 1 saturated carbocycles. The number of aromatic nitrogens is 1. The summed E-state index contributed by atoms with van der Waals surface area (Å²) < 4.78 is 13.7. The lowest BCUT2D eigenvalue weighted by Gasteiger charge is -2.43. The molecule has 1 aliphatic rings. The first kappa shape index (κ1) is 24.5. The van der Waals surface area contributed by atoms with Gasteiger partial charge in [-0.15, -0.1) is 11.3 Å². The van der Waals surface area contributed by atoms with Gasteiger partial charge in [0, 0.05) is 22.2 Å². The van der Waals surface area contributed by atoms with Crippen molar-refractivity contribution in [2.75, 3.05) is 13.2 Å². The van der Waals surface area contributed by atoms with Crippen LogP contribution < -0.4 is 14.3 Å². The quantitative estimate of drug-likeness (QED) is 0.207. The molecule has 0 unspecified atom stereocenters. The Morgan fingerprint density at radius 2 is 1.45 bits per heavy atom. The number of hydrogen-bond acceptors (Lipinski definition) is 4. The minimum atomic E-state index is -0.0360. The largest absolute Gasteiger partial charge is 0.494 e. The van der Waals surface area contributed by atoms with Crippen molar-refractivity contribution in [2.45, 2.75) is 38.5 Å². The van der Waals surface area contributed by atoms with Crippen LogP contribution in [-0.2, 0) is 5.41 Å². The van der Waals surface area contributed by atoms with Crippen LogP contribution in [0.2, 0.25) is 0 Å². The highest BCUT2D eigenvalue weighted by molar-refractivity contribution is 7.07. The molecule has 6 rings (SSSR count). The van der Waals surface area contributed by atoms with Gasteiger partial charge >= 0.3 is 0 Å². The van der Waals surface area contributed by atoms with E-state index in [1.54, 1.807) is 11.3 Å². The van der Waals surface area contributed by atoms with E-state index < -0.39 is 0 Å². The number of rotatable bonds is 8. The second-order valence-electron chi connectivity index (χ2n) is 9.70. The molecule has 5 aromatic rings. The third-order valence-corrected chi connectivity index (χ3v) is 8.31. The van der Waals surface area contributed by atoms with Crippen molar-refractivity contribution >= 4 is 27.8 Å². The van der Waals surface area contributed by atoms with Gasteiger partial charge in [0.15, 0.2) is 4.80 Å². The number of thiazole rings is 1. The Kier molecular flexibility index (Phi) is 6.77. The molecule has 0 bridgehead atoms. The van der Waals surface area contributed by atoms with Crippen molar-refractivity contribution in [3.63, 3.8) is 0 Å². The molecule has 192 valence electrons. The number of benzene rings is 4. The lowest BCUT2D eigenvalue weighted by atomic mass is 9.62. The van der Waals surface area contributed by atoms with Crippen LogP contribution in [0.5, 0.6) is 11.5 Å². The zero-order chi connectivity index (χ0) is 26.0. The van der Waals surface area contributed by atoms with Crippen LogP contribution in [0.1, 0.15) is 44.4 Å². The summed E-state index contributed by atoms with van der Waals surface area (Å²) in [4.78, 5) is 6.07. The van der Waals surface area contributed by atoms with Crippen molar-refractivity contribution in [3.05, 3.63) is 112 Å². The minimum Gasteiger partial charge on any atom is -0.494 e. The molecule has 0 saturated heterocycles. The van der Waals surface area contributed by atoms with E-state index in [-0.39, 0.29) is 5.41 Å². The standard InChI is InChI=1S/C33H32N2O2S/c1-3-36-29-16-12-27(13-17-29)34-32-35(28-14-18-30(19-15-28)37-4-2)31(23-38-32)33(20-7-21-33)26-11-10-24-8-5-6-9-25(24)22-26/h5-6,8-19,22-23H,3-4,7,20-21H2,1-2H3/b34-32-. The molecule has 0 N–H and O–H groups in total. The van der Waals surface area contributed by atoms with Crippen LogP contribution in [-0.4, -0.2) is 17.8 Å². The summed E-state index contributed by atoms with van der Waals surface area (Å²) in [6.07, 6.45) is 3.47. The van der Waals surface area contributed by atoms with Crippen molar-refractivity contribution in [1.29, 1.82) is 0 Å². The molecular weight excluding hydrogens is 488 g/mol. The van der Waals surface area contributed by atoms with E-state index in [1.807, 2.05) is 38.1 Å². The first-order chi connectivity index (χ1) is 18.7. The Bertz CT molecular complexity index is 1610. The first-order valence-corrected chi connectivity index (χ1v) is 14.3. The Hall–Kier alpha value is -3.83. The second kappa shape index (κ2) is 10.5. The molecule has 4 aromatic carbocycles. The SMILES string of the molecule is CCOc1ccc(/N=c2\scc(C3(c4ccc5ccccc5c4)CCC3)n2-c2ccc(OCC)cc2)cc1. The fraction of sp³-hybridized carbons (Fsp3) is 0.242. The van der Waals surface area contributed by atoms with Crippen molar-refractivity contribution < 1.29 is 9.47 Å². The van der Waals surface area contributed by atoms with E-state index in [2.05, 4.69) is 76.7 Å². The maximum absolute atomic E-state index is 5.73. The average molecular weight is 521 g/mol. The van der Waals surface area contributed by atoms with Gasteiger partial charge in [-0.1, -0.05) is 48.9 Å². The van der Waals surface area contributed by atoms with Gasteiger partial charge in [-0.05, 0) is 91.6 Å². The van der Waals surface area contributed by atoms with E-state index in [4.69, 9.17) is 14.5 Å². The average Bonchev–Trinajstić information content (AvgIpc) is 3.33. The number of fused-ring (bicyclic) bond motifs is 1. The molecule has 4 nitrogen and oxygen atoms in total. The predicted molar refractivity (Wildman–Crippen MR) is 156 cm³/mol. The van der Waals surface area contributed by atoms with Crippen LogP contribution in [0, 0.1) is 0 Å². The van der Waals surface area contributed by atoms with E-state index in [9.17, 15) is 0 Å². The first-order valence-electron chi connectivity index (χ1n) is 13.4. The summed E-state index contributed by atoms with van der Waals surface area (Å²) in [5.74, 6) is 1.74. The Balaban J connectivity index is 1.51. The molecule has 0 aliphatic heterocycles. The van der Waals surface area contributed by atoms with Gasteiger partial charge in [-0.3, -0.25) is 4.57 Å². The van der Waals surface area contributed by atoms with E-state index in [0.29, 0.717) is 13.2 Å². The van der Waals surface area contributed by atoms with Gasteiger partial charge in [-0.25, -0.2) is 4.99 Å². The topological polar surface area (TPSA) is 35.8 Å². The molecule has 0 radical (unpaired) electrons. The van der Waals surface area contributed by atoms with Gasteiger partial charge in [0.2, 0.25) is 0 Å². The highest BCUT2D eigenvalue weighted by Crippen LogP contribution is 2.50. The Labute approximate surface area is 227 Å². The van der Waals surface area contributed by atoms with E-state index >= 15 is 0 Å². The third-order valence-electron chi connectivity index (χ3n) is 7.49. The normalized spacial score (nSPS) is 14.8. The highest BCUT2D eigenvalue weighted by Gasteiger charge is 2.43. The maximum Gasteiger partial charge on any atom is 0.194 e. The van der Waals surface area contributed by atoms with Crippen LogP contribution in [0.25, 0.3) is 16.5 Å². The Morgan fingerprint density at radius 1 is 0.789 bits per heavy atom. The molecule has 38 heavy (non-hydrogen) atoms. The van der Waals surface area contributed by atoms with Crippen LogP contribution in [0.15, 0.2) is 101 Å². The summed E-state index contributed by atoms with van der Waals surface area (Å²) >= 11 is 1.70. The van der Waals surface area contributed by atoms with Gasteiger partial charge in [0.25, 0.3) is 0 Å². The van der Waals surface area contributed by atoms with Gasteiger partial charge in [0.05, 0.1) is 18.9 Å².